The molecule has 25 heavy (non-hydrogen) atoms. The number of carbonyl (C=O) groups excluding carboxylic acids is 1. The summed E-state index contributed by atoms with van der Waals surface area (Å²) in [6.07, 6.45) is 0.851. The van der Waals surface area contributed by atoms with Gasteiger partial charge >= 0.3 is 6.03 Å². The zero-order valence-electron chi connectivity index (χ0n) is 13.6. The summed E-state index contributed by atoms with van der Waals surface area (Å²) in [5.74, 6) is -0.455. The maximum Gasteiger partial charge on any atom is 0.321 e. The minimum absolute atomic E-state index is 0.00844. The summed E-state index contributed by atoms with van der Waals surface area (Å²) in [5.41, 5.74) is 1.32. The third-order valence-electron chi connectivity index (χ3n) is 3.95. The van der Waals surface area contributed by atoms with Crippen LogP contribution in [0.3, 0.4) is 0 Å². The van der Waals surface area contributed by atoms with Crippen LogP contribution in [0, 0.1) is 12.7 Å². The van der Waals surface area contributed by atoms with E-state index in [0.717, 1.165) is 12.5 Å². The lowest BCUT2D eigenvalue weighted by atomic mass is 10.2. The summed E-state index contributed by atoms with van der Waals surface area (Å²) in [5, 5.41) is 2.76. The highest BCUT2D eigenvalue weighted by molar-refractivity contribution is 7.92. The average molecular weight is 363 g/mol. The Morgan fingerprint density at radius 1 is 1.16 bits per heavy atom. The Labute approximate surface area is 145 Å². The highest BCUT2D eigenvalue weighted by Gasteiger charge is 2.20. The van der Waals surface area contributed by atoms with Crippen molar-refractivity contribution in [2.45, 2.75) is 18.2 Å². The molecule has 0 bridgehead atoms. The number of carbonyl (C=O) groups is 1. The molecule has 2 aromatic carbocycles. The molecule has 0 aromatic heterocycles. The lowest BCUT2D eigenvalue weighted by molar-refractivity contribution is 0.243. The van der Waals surface area contributed by atoms with Crippen molar-refractivity contribution in [2.75, 3.05) is 22.7 Å². The van der Waals surface area contributed by atoms with Crippen molar-refractivity contribution in [2.24, 2.45) is 0 Å². The maximum absolute atomic E-state index is 13.3. The van der Waals surface area contributed by atoms with Crippen molar-refractivity contribution in [3.8, 4) is 0 Å². The van der Waals surface area contributed by atoms with Crippen LogP contribution in [0.25, 0.3) is 0 Å². The van der Waals surface area contributed by atoms with Crippen LogP contribution < -0.4 is 14.9 Å². The largest absolute Gasteiger partial charge is 0.338 e. The minimum atomic E-state index is -3.81. The van der Waals surface area contributed by atoms with Crippen molar-refractivity contribution in [3.05, 3.63) is 53.8 Å². The molecule has 1 saturated heterocycles. The van der Waals surface area contributed by atoms with E-state index in [1.54, 1.807) is 29.2 Å². The molecule has 132 valence electrons. The molecule has 6 nitrogen and oxygen atoms in total. The van der Waals surface area contributed by atoms with E-state index in [1.165, 1.54) is 19.1 Å². The molecule has 1 aliphatic rings. The number of amides is 2. The first kappa shape index (κ1) is 17.2. The van der Waals surface area contributed by atoms with Gasteiger partial charge in [-0.3, -0.25) is 9.62 Å². The van der Waals surface area contributed by atoms with Crippen molar-refractivity contribution in [1.82, 2.24) is 5.32 Å². The van der Waals surface area contributed by atoms with Crippen molar-refractivity contribution in [3.63, 3.8) is 0 Å². The molecule has 8 heteroatoms. The fourth-order valence-electron chi connectivity index (χ4n) is 2.58. The molecular formula is C17H18FN3O3S. The zero-order valence-corrected chi connectivity index (χ0v) is 14.4. The average Bonchev–Trinajstić information content (AvgIpc) is 2.58. The van der Waals surface area contributed by atoms with E-state index in [-0.39, 0.29) is 16.5 Å². The highest BCUT2D eigenvalue weighted by Crippen LogP contribution is 2.22. The molecule has 3 rings (SSSR count). The Hall–Kier alpha value is -2.61. The summed E-state index contributed by atoms with van der Waals surface area (Å²) >= 11 is 0. The Morgan fingerprint density at radius 2 is 1.88 bits per heavy atom. The van der Waals surface area contributed by atoms with Gasteiger partial charge in [-0.25, -0.2) is 17.6 Å². The molecule has 0 radical (unpaired) electrons. The zero-order chi connectivity index (χ0) is 18.0. The molecule has 0 unspecified atom stereocenters. The first-order valence-corrected chi connectivity index (χ1v) is 9.29. The fraction of sp³-hybridized carbons (Fsp3) is 0.235. The summed E-state index contributed by atoms with van der Waals surface area (Å²) in [6, 6.07) is 10.00. The lowest BCUT2D eigenvalue weighted by Gasteiger charge is -2.27. The summed E-state index contributed by atoms with van der Waals surface area (Å²) < 4.78 is 40.6. The van der Waals surface area contributed by atoms with Crippen LogP contribution in [0.4, 0.5) is 20.6 Å². The molecule has 2 amide bonds. The van der Waals surface area contributed by atoms with E-state index >= 15 is 0 Å². The molecule has 1 fully saturated rings. The first-order valence-electron chi connectivity index (χ1n) is 7.81. The van der Waals surface area contributed by atoms with Gasteiger partial charge in [-0.2, -0.15) is 0 Å². The van der Waals surface area contributed by atoms with Crippen molar-refractivity contribution in [1.29, 1.82) is 0 Å². The fourth-order valence-corrected chi connectivity index (χ4v) is 3.73. The lowest BCUT2D eigenvalue weighted by Crippen LogP contribution is -2.46. The van der Waals surface area contributed by atoms with Crippen molar-refractivity contribution >= 4 is 27.4 Å². The number of hydrogen-bond donors (Lipinski definition) is 2. The highest BCUT2D eigenvalue weighted by atomic mass is 32.2. The molecule has 0 aliphatic carbocycles. The quantitative estimate of drug-likeness (QED) is 0.877. The van der Waals surface area contributed by atoms with E-state index in [0.29, 0.717) is 24.5 Å². The van der Waals surface area contributed by atoms with Crippen LogP contribution in [0.15, 0.2) is 47.4 Å². The van der Waals surface area contributed by atoms with Gasteiger partial charge in [0.15, 0.2) is 0 Å². The SMILES string of the molecule is Cc1cc(S(=O)(=O)Nc2ccc(N3CCCNC3=O)cc2)ccc1F. The maximum atomic E-state index is 13.3. The van der Waals surface area contributed by atoms with Crippen LogP contribution in [0.2, 0.25) is 0 Å². The Morgan fingerprint density at radius 3 is 2.52 bits per heavy atom. The van der Waals surface area contributed by atoms with E-state index < -0.39 is 15.8 Å². The molecule has 0 atom stereocenters. The van der Waals surface area contributed by atoms with Crippen LogP contribution in [-0.2, 0) is 10.0 Å². The number of nitrogens with zero attached hydrogens (tertiary/aromatic N) is 1. The standard InChI is InChI=1S/C17H18FN3O3S/c1-12-11-15(7-8-16(12)18)25(23,24)20-13-3-5-14(6-4-13)21-10-2-9-19-17(21)22/h3-8,11,20H,2,9-10H2,1H3,(H,19,22). The normalized spacial score (nSPS) is 15.0. The molecular weight excluding hydrogens is 345 g/mol. The van der Waals surface area contributed by atoms with Gasteiger partial charge in [0.05, 0.1) is 4.90 Å². The van der Waals surface area contributed by atoms with Gasteiger partial charge in [-0.05, 0) is 61.4 Å². The summed E-state index contributed by atoms with van der Waals surface area (Å²) in [4.78, 5) is 13.4. The Kier molecular flexibility index (Phi) is 4.63. The molecule has 1 aliphatic heterocycles. The van der Waals surface area contributed by atoms with Gasteiger partial charge < -0.3 is 5.32 Å². The topological polar surface area (TPSA) is 78.5 Å². The number of rotatable bonds is 4. The number of anilines is 2. The second-order valence-electron chi connectivity index (χ2n) is 5.80. The molecule has 2 N–H and O–H groups in total. The Balaban J connectivity index is 1.78. The number of halogens is 1. The van der Waals surface area contributed by atoms with Gasteiger partial charge in [-0.1, -0.05) is 0 Å². The third-order valence-corrected chi connectivity index (χ3v) is 5.33. The van der Waals surface area contributed by atoms with Gasteiger partial charge in [-0.15, -0.1) is 0 Å². The second kappa shape index (κ2) is 6.72. The first-order chi connectivity index (χ1) is 11.9. The molecule has 1 heterocycles. The minimum Gasteiger partial charge on any atom is -0.338 e. The van der Waals surface area contributed by atoms with E-state index in [2.05, 4.69) is 10.0 Å². The predicted molar refractivity (Wildman–Crippen MR) is 93.7 cm³/mol. The summed E-state index contributed by atoms with van der Waals surface area (Å²) in [7, 11) is -3.81. The smallest absolute Gasteiger partial charge is 0.321 e. The van der Waals surface area contributed by atoms with Gasteiger partial charge in [0, 0.05) is 24.5 Å². The van der Waals surface area contributed by atoms with Crippen LogP contribution >= 0.6 is 0 Å². The van der Waals surface area contributed by atoms with Gasteiger partial charge in [0.2, 0.25) is 0 Å². The predicted octanol–water partition coefficient (Wildman–Crippen LogP) is 2.85. The number of benzene rings is 2. The number of nitrogens with one attached hydrogen (secondary N) is 2. The molecule has 0 saturated carbocycles. The van der Waals surface area contributed by atoms with Gasteiger partial charge in [0.25, 0.3) is 10.0 Å². The van der Waals surface area contributed by atoms with Crippen molar-refractivity contribution < 1.29 is 17.6 Å². The van der Waals surface area contributed by atoms with Crippen LogP contribution in [0.5, 0.6) is 0 Å². The number of hydrogen-bond acceptors (Lipinski definition) is 3. The number of urea groups is 1. The summed E-state index contributed by atoms with van der Waals surface area (Å²) in [6.45, 7) is 2.78. The number of aryl methyl sites for hydroxylation is 1. The van der Waals surface area contributed by atoms with E-state index in [9.17, 15) is 17.6 Å². The third kappa shape index (κ3) is 3.74. The molecule has 0 spiro atoms. The Bertz CT molecular complexity index is 898. The monoisotopic (exact) mass is 363 g/mol. The van der Waals surface area contributed by atoms with E-state index in [4.69, 9.17) is 0 Å². The number of sulfonamides is 1. The van der Waals surface area contributed by atoms with Crippen LogP contribution in [0.1, 0.15) is 12.0 Å². The van der Waals surface area contributed by atoms with E-state index in [1.807, 2.05) is 0 Å². The van der Waals surface area contributed by atoms with Gasteiger partial charge in [0.1, 0.15) is 5.82 Å². The second-order valence-corrected chi connectivity index (χ2v) is 7.48. The van der Waals surface area contributed by atoms with Crippen LogP contribution in [-0.4, -0.2) is 27.5 Å². The molecule has 2 aromatic rings.